The lowest BCUT2D eigenvalue weighted by molar-refractivity contribution is -0.110. The first-order valence-corrected chi connectivity index (χ1v) is 5.97. The highest BCUT2D eigenvalue weighted by atomic mass is 32.2. The number of hydrogen-bond donors (Lipinski definition) is 0. The third-order valence-corrected chi connectivity index (χ3v) is 2.89. The van der Waals surface area contributed by atoms with Gasteiger partial charge in [-0.05, 0) is 24.5 Å². The zero-order valence-corrected chi connectivity index (χ0v) is 10.7. The van der Waals surface area contributed by atoms with Gasteiger partial charge in [0, 0.05) is 6.54 Å². The summed E-state index contributed by atoms with van der Waals surface area (Å²) in [5, 5.41) is 14.0. The van der Waals surface area contributed by atoms with Gasteiger partial charge in [-0.2, -0.15) is 0 Å². The number of tetrazole rings is 1. The standard InChI is InChI=1S/C8H12N5OS2/c1-12(2)3-4-13-8(9-10-11-13)16-6-7(14)5-15/h3-4,6H2,1-2H3. The molecule has 0 fully saturated rings. The molecule has 0 N–H and O–H groups in total. The minimum atomic E-state index is -0.220. The van der Waals surface area contributed by atoms with E-state index in [9.17, 15) is 4.79 Å². The second-order valence-corrected chi connectivity index (χ2v) is 4.45. The summed E-state index contributed by atoms with van der Waals surface area (Å²) in [6.07, 6.45) is 0. The number of nitrogens with zero attached hydrogens (tertiary/aromatic N) is 5. The summed E-state index contributed by atoms with van der Waals surface area (Å²) < 4.78 is 1.67. The first kappa shape index (κ1) is 13.2. The van der Waals surface area contributed by atoms with Gasteiger partial charge in [-0.25, -0.2) is 4.68 Å². The Morgan fingerprint density at radius 1 is 1.62 bits per heavy atom. The molecule has 0 saturated heterocycles. The minimum absolute atomic E-state index is 0.220. The van der Waals surface area contributed by atoms with Crippen molar-refractivity contribution in [1.29, 1.82) is 0 Å². The smallest absolute Gasteiger partial charge is 0.209 e. The topological polar surface area (TPSA) is 63.9 Å². The van der Waals surface area contributed by atoms with Gasteiger partial charge in [0.05, 0.1) is 12.3 Å². The molecule has 0 bridgehead atoms. The van der Waals surface area contributed by atoms with Gasteiger partial charge in [-0.15, -0.1) is 5.10 Å². The predicted molar refractivity (Wildman–Crippen MR) is 64.7 cm³/mol. The molecule has 0 aliphatic heterocycles. The Kier molecular flexibility index (Phi) is 5.50. The Morgan fingerprint density at radius 3 is 3.00 bits per heavy atom. The Bertz CT molecular complexity index is 365. The van der Waals surface area contributed by atoms with Gasteiger partial charge in [-0.1, -0.05) is 24.0 Å². The molecule has 0 amide bonds. The van der Waals surface area contributed by atoms with Crippen LogP contribution in [0.25, 0.3) is 0 Å². The first-order valence-electron chi connectivity index (χ1n) is 4.58. The molecule has 1 radical (unpaired) electrons. The van der Waals surface area contributed by atoms with Gasteiger partial charge in [0.1, 0.15) is 5.37 Å². The average molecular weight is 258 g/mol. The highest BCUT2D eigenvalue weighted by Gasteiger charge is 2.08. The molecule has 8 heteroatoms. The van der Waals surface area contributed by atoms with Crippen LogP contribution in [0.15, 0.2) is 5.16 Å². The summed E-state index contributed by atoms with van der Waals surface area (Å²) in [6, 6.07) is 0. The molecule has 6 nitrogen and oxygen atoms in total. The van der Waals surface area contributed by atoms with Gasteiger partial charge < -0.3 is 4.90 Å². The van der Waals surface area contributed by atoms with E-state index in [2.05, 4.69) is 33.1 Å². The van der Waals surface area contributed by atoms with Crippen LogP contribution in [0.3, 0.4) is 0 Å². The molecule has 1 heterocycles. The zero-order chi connectivity index (χ0) is 12.0. The molecule has 0 aliphatic rings. The van der Waals surface area contributed by atoms with Crippen molar-refractivity contribution in [1.82, 2.24) is 25.1 Å². The van der Waals surface area contributed by atoms with Crippen LogP contribution in [0.1, 0.15) is 0 Å². The molecule has 1 aromatic heterocycles. The van der Waals surface area contributed by atoms with E-state index in [1.807, 2.05) is 19.0 Å². The maximum atomic E-state index is 11.0. The van der Waals surface area contributed by atoms with Crippen molar-refractivity contribution in [2.45, 2.75) is 11.7 Å². The molecule has 0 atom stereocenters. The molecular formula is C8H12N5OS2. The second-order valence-electron chi connectivity index (χ2n) is 3.30. The van der Waals surface area contributed by atoms with Gasteiger partial charge in [0.25, 0.3) is 0 Å². The van der Waals surface area contributed by atoms with Crippen LogP contribution in [-0.4, -0.2) is 62.7 Å². The fraction of sp³-hybridized carbons (Fsp3) is 0.625. The van der Waals surface area contributed by atoms with E-state index in [0.717, 1.165) is 6.54 Å². The van der Waals surface area contributed by atoms with Gasteiger partial charge >= 0.3 is 0 Å². The number of likely N-dealkylation sites (N-methyl/N-ethyl adjacent to an activating group) is 1. The molecule has 1 rings (SSSR count). The summed E-state index contributed by atoms with van der Waals surface area (Å²) in [5.74, 6) is 0.00779. The summed E-state index contributed by atoms with van der Waals surface area (Å²) in [4.78, 5) is 13.0. The summed E-state index contributed by atoms with van der Waals surface area (Å²) in [6.45, 7) is 1.53. The molecule has 16 heavy (non-hydrogen) atoms. The fourth-order valence-electron chi connectivity index (χ4n) is 0.894. The minimum Gasteiger partial charge on any atom is -0.308 e. The van der Waals surface area contributed by atoms with Crippen LogP contribution < -0.4 is 0 Å². The normalized spacial score (nSPS) is 10.7. The number of thiocarbonyl (C=S) groups is 1. The Morgan fingerprint density at radius 2 is 2.38 bits per heavy atom. The van der Waals surface area contributed by atoms with Crippen molar-refractivity contribution >= 4 is 35.1 Å². The van der Waals surface area contributed by atoms with Gasteiger partial charge in [0.2, 0.25) is 5.16 Å². The number of carbonyl (C=O) groups excluding carboxylic acids is 1. The fourth-order valence-corrected chi connectivity index (χ4v) is 1.76. The molecule has 0 spiro atoms. The lowest BCUT2D eigenvalue weighted by atomic mass is 10.5. The van der Waals surface area contributed by atoms with E-state index >= 15 is 0 Å². The molecule has 0 aliphatic carbocycles. The summed E-state index contributed by atoms with van der Waals surface area (Å²) in [7, 11) is 3.95. The van der Waals surface area contributed by atoms with Crippen LogP contribution in [-0.2, 0) is 11.3 Å². The number of aromatic nitrogens is 4. The monoisotopic (exact) mass is 258 g/mol. The highest BCUT2D eigenvalue weighted by Crippen LogP contribution is 2.12. The van der Waals surface area contributed by atoms with Crippen molar-refractivity contribution in [3.05, 3.63) is 0 Å². The lowest BCUT2D eigenvalue weighted by Crippen LogP contribution is -2.19. The number of thioether (sulfide) groups is 1. The van der Waals surface area contributed by atoms with Crippen LogP contribution in [0, 0.1) is 0 Å². The molecular weight excluding hydrogens is 246 g/mol. The van der Waals surface area contributed by atoms with Crippen LogP contribution in [0.4, 0.5) is 0 Å². The quantitative estimate of drug-likeness (QED) is 0.494. The second kappa shape index (κ2) is 6.66. The van der Waals surface area contributed by atoms with Crippen molar-refractivity contribution in [2.24, 2.45) is 0 Å². The molecule has 1 aromatic rings. The Labute approximate surface area is 103 Å². The first-order chi connectivity index (χ1) is 7.63. The van der Waals surface area contributed by atoms with E-state index in [4.69, 9.17) is 0 Å². The SMILES string of the molecule is CN(C)CCn1nnnc1SCC(=O)[C]=S. The number of hydrogen-bond acceptors (Lipinski definition) is 7. The third-order valence-electron chi connectivity index (χ3n) is 1.70. The molecule has 0 saturated carbocycles. The number of ketones is 1. The van der Waals surface area contributed by atoms with Crippen molar-refractivity contribution in [3.8, 4) is 0 Å². The van der Waals surface area contributed by atoms with E-state index in [0.29, 0.717) is 11.7 Å². The highest BCUT2D eigenvalue weighted by molar-refractivity contribution is 8.00. The molecule has 87 valence electrons. The Balaban J connectivity index is 2.50. The Hall–Kier alpha value is -0.860. The maximum Gasteiger partial charge on any atom is 0.209 e. The lowest BCUT2D eigenvalue weighted by Gasteiger charge is -2.09. The van der Waals surface area contributed by atoms with Gasteiger partial charge in [0.15, 0.2) is 5.78 Å². The predicted octanol–water partition coefficient (Wildman–Crippen LogP) is -0.227. The van der Waals surface area contributed by atoms with E-state index in [1.165, 1.54) is 11.8 Å². The van der Waals surface area contributed by atoms with Crippen LogP contribution >= 0.6 is 24.0 Å². The number of Topliss-reactive ketones (excluding diaryl/α,β-unsaturated/α-hetero) is 1. The summed E-state index contributed by atoms with van der Waals surface area (Å²) >= 11 is 5.68. The summed E-state index contributed by atoms with van der Waals surface area (Å²) in [5.41, 5.74) is 0. The van der Waals surface area contributed by atoms with E-state index in [1.54, 1.807) is 4.68 Å². The third kappa shape index (κ3) is 4.33. The largest absolute Gasteiger partial charge is 0.308 e. The van der Waals surface area contributed by atoms with E-state index in [-0.39, 0.29) is 11.5 Å². The van der Waals surface area contributed by atoms with E-state index < -0.39 is 0 Å². The maximum absolute atomic E-state index is 11.0. The van der Waals surface area contributed by atoms with Crippen LogP contribution in [0.2, 0.25) is 0 Å². The van der Waals surface area contributed by atoms with Crippen molar-refractivity contribution < 1.29 is 4.79 Å². The molecule has 0 unspecified atom stereocenters. The van der Waals surface area contributed by atoms with Crippen molar-refractivity contribution in [3.63, 3.8) is 0 Å². The van der Waals surface area contributed by atoms with Crippen LogP contribution in [0.5, 0.6) is 0 Å². The van der Waals surface area contributed by atoms with Crippen molar-refractivity contribution in [2.75, 3.05) is 26.4 Å². The zero-order valence-electron chi connectivity index (χ0n) is 9.08. The van der Waals surface area contributed by atoms with Gasteiger partial charge in [-0.3, -0.25) is 4.79 Å². The molecule has 0 aromatic carbocycles. The average Bonchev–Trinajstić information content (AvgIpc) is 2.70. The number of rotatable bonds is 7. The number of carbonyl (C=O) groups is 1.